The Morgan fingerprint density at radius 2 is 1.87 bits per heavy atom. The van der Waals surface area contributed by atoms with Gasteiger partial charge in [-0.05, 0) is 49.4 Å². The molecule has 0 amide bonds. The van der Waals surface area contributed by atoms with Gasteiger partial charge in [-0.25, -0.2) is 4.98 Å². The number of rotatable bonds is 5. The Hall–Kier alpha value is -3.49. The lowest BCUT2D eigenvalue weighted by atomic mass is 10.2. The molecule has 0 radical (unpaired) electrons. The fourth-order valence-electron chi connectivity index (χ4n) is 2.97. The van der Waals surface area contributed by atoms with Crippen LogP contribution in [0, 0.1) is 17.0 Å². The van der Waals surface area contributed by atoms with Gasteiger partial charge in [0, 0.05) is 21.5 Å². The Labute approximate surface area is 186 Å². The highest BCUT2D eigenvalue weighted by molar-refractivity contribution is 7.99. The molecule has 0 N–H and O–H groups in total. The van der Waals surface area contributed by atoms with E-state index in [1.165, 1.54) is 28.7 Å². The second kappa shape index (κ2) is 8.71. The molecule has 0 saturated heterocycles. The SMILES string of the molecule is Cc1nc2ccccc2c(=O)n1/N=C/c1ccc(Sc2ccc(Cl)cc2)c([N+](=O)[O-])c1. The van der Waals surface area contributed by atoms with E-state index >= 15 is 0 Å². The third kappa shape index (κ3) is 4.50. The normalized spacial score (nSPS) is 11.3. The van der Waals surface area contributed by atoms with Crippen LogP contribution < -0.4 is 5.56 Å². The van der Waals surface area contributed by atoms with Crippen LogP contribution in [0.25, 0.3) is 10.9 Å². The second-order valence-corrected chi connectivity index (χ2v) is 8.13. The van der Waals surface area contributed by atoms with Gasteiger partial charge in [0.2, 0.25) is 0 Å². The molecule has 4 rings (SSSR count). The summed E-state index contributed by atoms with van der Waals surface area (Å²) in [5.74, 6) is 0.421. The van der Waals surface area contributed by atoms with Gasteiger partial charge in [-0.15, -0.1) is 0 Å². The molecule has 0 aliphatic heterocycles. The van der Waals surface area contributed by atoms with E-state index in [-0.39, 0.29) is 11.2 Å². The Bertz CT molecular complexity index is 1380. The number of hydrogen-bond acceptors (Lipinski definition) is 6. The first-order valence-corrected chi connectivity index (χ1v) is 10.4. The average Bonchev–Trinajstić information content (AvgIpc) is 2.76. The third-order valence-corrected chi connectivity index (χ3v) is 5.78. The molecule has 0 atom stereocenters. The topological polar surface area (TPSA) is 90.4 Å². The van der Waals surface area contributed by atoms with E-state index in [0.717, 1.165) is 4.90 Å². The van der Waals surface area contributed by atoms with E-state index in [4.69, 9.17) is 11.6 Å². The van der Waals surface area contributed by atoms with Crippen molar-refractivity contribution in [1.29, 1.82) is 0 Å². The van der Waals surface area contributed by atoms with E-state index in [0.29, 0.717) is 32.2 Å². The average molecular weight is 451 g/mol. The number of aromatic nitrogens is 2. The van der Waals surface area contributed by atoms with Crippen LogP contribution in [0.1, 0.15) is 11.4 Å². The Balaban J connectivity index is 1.68. The molecule has 0 aliphatic carbocycles. The van der Waals surface area contributed by atoms with E-state index in [1.807, 2.05) is 6.07 Å². The summed E-state index contributed by atoms with van der Waals surface area (Å²) in [6.07, 6.45) is 1.41. The molecule has 0 saturated carbocycles. The first kappa shape index (κ1) is 20.8. The predicted molar refractivity (Wildman–Crippen MR) is 122 cm³/mol. The molecule has 1 heterocycles. The van der Waals surface area contributed by atoms with Crippen molar-refractivity contribution >= 4 is 46.2 Å². The molecule has 0 aliphatic rings. The first-order valence-electron chi connectivity index (χ1n) is 9.17. The van der Waals surface area contributed by atoms with Gasteiger partial charge < -0.3 is 0 Å². The largest absolute Gasteiger partial charge is 0.283 e. The Kier molecular flexibility index (Phi) is 5.83. The number of aryl methyl sites for hydroxylation is 1. The van der Waals surface area contributed by atoms with Gasteiger partial charge in [0.25, 0.3) is 11.2 Å². The summed E-state index contributed by atoms with van der Waals surface area (Å²) >= 11 is 7.17. The molecular weight excluding hydrogens is 436 g/mol. The summed E-state index contributed by atoms with van der Waals surface area (Å²) in [6.45, 7) is 1.68. The summed E-state index contributed by atoms with van der Waals surface area (Å²) in [5, 5.41) is 16.9. The smallest absolute Gasteiger partial charge is 0.267 e. The summed E-state index contributed by atoms with van der Waals surface area (Å²) in [7, 11) is 0. The molecule has 0 unspecified atom stereocenters. The lowest BCUT2D eigenvalue weighted by molar-refractivity contribution is -0.387. The van der Waals surface area contributed by atoms with E-state index in [1.54, 1.807) is 61.5 Å². The fourth-order valence-corrected chi connectivity index (χ4v) is 3.99. The van der Waals surface area contributed by atoms with Crippen LogP contribution in [-0.4, -0.2) is 20.8 Å². The number of fused-ring (bicyclic) bond motifs is 1. The third-order valence-electron chi connectivity index (χ3n) is 4.46. The molecule has 0 fully saturated rings. The summed E-state index contributed by atoms with van der Waals surface area (Å²) < 4.78 is 1.19. The maximum Gasteiger partial charge on any atom is 0.283 e. The second-order valence-electron chi connectivity index (χ2n) is 6.58. The highest BCUT2D eigenvalue weighted by Crippen LogP contribution is 2.35. The molecule has 1 aromatic heterocycles. The van der Waals surface area contributed by atoms with Crippen LogP contribution in [0.2, 0.25) is 5.02 Å². The zero-order valence-corrected chi connectivity index (χ0v) is 17.8. The monoisotopic (exact) mass is 450 g/mol. The van der Waals surface area contributed by atoms with E-state index < -0.39 is 4.92 Å². The first-order chi connectivity index (χ1) is 14.9. The quantitative estimate of drug-likeness (QED) is 0.234. The number of nitro groups is 1. The number of hydrogen-bond donors (Lipinski definition) is 0. The van der Waals surface area contributed by atoms with Crippen molar-refractivity contribution in [2.75, 3.05) is 0 Å². The van der Waals surface area contributed by atoms with Crippen molar-refractivity contribution in [2.45, 2.75) is 16.7 Å². The van der Waals surface area contributed by atoms with Gasteiger partial charge in [0.1, 0.15) is 5.82 Å². The highest BCUT2D eigenvalue weighted by atomic mass is 35.5. The van der Waals surface area contributed by atoms with Crippen LogP contribution in [0.4, 0.5) is 5.69 Å². The molecule has 154 valence electrons. The standard InChI is InChI=1S/C22H15ClN4O3S/c1-14-25-19-5-3-2-4-18(19)22(28)26(14)24-13-15-6-11-21(20(12-15)27(29)30)31-17-9-7-16(23)8-10-17/h2-13H,1H3/b24-13+. The zero-order chi connectivity index (χ0) is 22.0. The van der Waals surface area contributed by atoms with Crippen LogP contribution >= 0.6 is 23.4 Å². The summed E-state index contributed by atoms with van der Waals surface area (Å²) in [6, 6.07) is 18.9. The van der Waals surface area contributed by atoms with Crippen LogP contribution in [0.3, 0.4) is 0 Å². The fraction of sp³-hybridized carbons (Fsp3) is 0.0455. The molecule has 7 nitrogen and oxygen atoms in total. The molecule has 0 spiro atoms. The molecular formula is C22H15ClN4O3S. The van der Waals surface area contributed by atoms with Gasteiger partial charge >= 0.3 is 0 Å². The lowest BCUT2D eigenvalue weighted by Gasteiger charge is -2.06. The van der Waals surface area contributed by atoms with Crippen LogP contribution in [-0.2, 0) is 0 Å². The minimum absolute atomic E-state index is 0.0513. The van der Waals surface area contributed by atoms with Crippen molar-refractivity contribution in [3.8, 4) is 0 Å². The Morgan fingerprint density at radius 1 is 1.13 bits per heavy atom. The van der Waals surface area contributed by atoms with E-state index in [2.05, 4.69) is 10.1 Å². The number of nitrogens with zero attached hydrogens (tertiary/aromatic N) is 4. The maximum absolute atomic E-state index is 12.7. The van der Waals surface area contributed by atoms with Gasteiger partial charge in [0.05, 0.1) is 26.9 Å². The Morgan fingerprint density at radius 3 is 2.61 bits per heavy atom. The number of halogens is 1. The predicted octanol–water partition coefficient (Wildman–Crippen LogP) is 5.30. The molecule has 31 heavy (non-hydrogen) atoms. The number of para-hydroxylation sites is 1. The summed E-state index contributed by atoms with van der Waals surface area (Å²) in [4.78, 5) is 29.6. The van der Waals surface area contributed by atoms with Crippen molar-refractivity contribution in [3.05, 3.63) is 104 Å². The van der Waals surface area contributed by atoms with Gasteiger partial charge in [-0.2, -0.15) is 9.78 Å². The zero-order valence-electron chi connectivity index (χ0n) is 16.2. The maximum atomic E-state index is 12.7. The van der Waals surface area contributed by atoms with Gasteiger partial charge in [0.15, 0.2) is 0 Å². The number of benzene rings is 3. The minimum atomic E-state index is -0.440. The van der Waals surface area contributed by atoms with Crippen LogP contribution in [0.5, 0.6) is 0 Å². The number of nitro benzene ring substituents is 1. The van der Waals surface area contributed by atoms with E-state index in [9.17, 15) is 14.9 Å². The molecule has 4 aromatic rings. The van der Waals surface area contributed by atoms with Gasteiger partial charge in [-0.1, -0.05) is 41.6 Å². The summed E-state index contributed by atoms with van der Waals surface area (Å²) in [5.41, 5.74) is 0.732. The van der Waals surface area contributed by atoms with Crippen molar-refractivity contribution in [2.24, 2.45) is 5.10 Å². The lowest BCUT2D eigenvalue weighted by Crippen LogP contribution is -2.20. The van der Waals surface area contributed by atoms with Crippen molar-refractivity contribution < 1.29 is 4.92 Å². The minimum Gasteiger partial charge on any atom is -0.267 e. The molecule has 9 heteroatoms. The van der Waals surface area contributed by atoms with Gasteiger partial charge in [-0.3, -0.25) is 14.9 Å². The molecule has 3 aromatic carbocycles. The highest BCUT2D eigenvalue weighted by Gasteiger charge is 2.16. The van der Waals surface area contributed by atoms with Crippen LogP contribution in [0.15, 0.2) is 86.4 Å². The van der Waals surface area contributed by atoms with Crippen molar-refractivity contribution in [1.82, 2.24) is 9.66 Å². The van der Waals surface area contributed by atoms with Crippen molar-refractivity contribution in [3.63, 3.8) is 0 Å². The molecule has 0 bridgehead atoms.